The zero-order valence-electron chi connectivity index (χ0n) is 11.0. The molecule has 1 aliphatic carbocycles. The molecule has 2 rings (SSSR count). The summed E-state index contributed by atoms with van der Waals surface area (Å²) in [5.74, 6) is 1.10. The highest BCUT2D eigenvalue weighted by Gasteiger charge is 2.20. The third kappa shape index (κ3) is 2.55. The summed E-state index contributed by atoms with van der Waals surface area (Å²) in [6.07, 6.45) is 3.53. The molecular formula is C15H18O3. The third-order valence-electron chi connectivity index (χ3n) is 3.29. The van der Waals surface area contributed by atoms with Crippen molar-refractivity contribution in [2.24, 2.45) is 5.92 Å². The van der Waals surface area contributed by atoms with Gasteiger partial charge in [-0.25, -0.2) is 4.79 Å². The fourth-order valence-corrected chi connectivity index (χ4v) is 2.45. The maximum atomic E-state index is 11.4. The van der Waals surface area contributed by atoms with Crippen LogP contribution in [-0.2, 0) is 16.0 Å². The van der Waals surface area contributed by atoms with Crippen LogP contribution in [0.5, 0.6) is 5.75 Å². The number of methoxy groups -OCH3 is 2. The van der Waals surface area contributed by atoms with Crippen molar-refractivity contribution >= 4 is 11.5 Å². The Labute approximate surface area is 107 Å². The Morgan fingerprint density at radius 2 is 2.11 bits per heavy atom. The molecule has 1 unspecified atom stereocenters. The summed E-state index contributed by atoms with van der Waals surface area (Å²) >= 11 is 0. The van der Waals surface area contributed by atoms with Gasteiger partial charge in [-0.2, -0.15) is 0 Å². The topological polar surface area (TPSA) is 35.5 Å². The van der Waals surface area contributed by atoms with E-state index in [1.165, 1.54) is 12.7 Å². The summed E-state index contributed by atoms with van der Waals surface area (Å²) in [6, 6.07) is 6.00. The van der Waals surface area contributed by atoms with Crippen molar-refractivity contribution in [3.05, 3.63) is 35.4 Å². The Bertz CT molecular complexity index is 489. The summed E-state index contributed by atoms with van der Waals surface area (Å²) < 4.78 is 9.95. The fraction of sp³-hybridized carbons (Fsp3) is 0.400. The zero-order valence-corrected chi connectivity index (χ0v) is 11.0. The van der Waals surface area contributed by atoms with Crippen molar-refractivity contribution in [2.75, 3.05) is 14.2 Å². The number of carbonyl (C=O) groups excluding carboxylic acids is 1. The van der Waals surface area contributed by atoms with Gasteiger partial charge < -0.3 is 9.47 Å². The van der Waals surface area contributed by atoms with Crippen molar-refractivity contribution < 1.29 is 14.3 Å². The minimum absolute atomic E-state index is 0.291. The van der Waals surface area contributed by atoms with E-state index < -0.39 is 0 Å². The van der Waals surface area contributed by atoms with Gasteiger partial charge in [-0.15, -0.1) is 0 Å². The van der Waals surface area contributed by atoms with Crippen molar-refractivity contribution in [2.45, 2.75) is 19.8 Å². The molecule has 1 aromatic rings. The maximum absolute atomic E-state index is 11.4. The largest absolute Gasteiger partial charge is 0.497 e. The van der Waals surface area contributed by atoms with E-state index in [-0.39, 0.29) is 5.97 Å². The molecular weight excluding hydrogens is 228 g/mol. The van der Waals surface area contributed by atoms with Crippen molar-refractivity contribution in [1.82, 2.24) is 0 Å². The van der Waals surface area contributed by atoms with E-state index in [1.54, 1.807) is 13.2 Å². The van der Waals surface area contributed by atoms with Crippen LogP contribution >= 0.6 is 0 Å². The molecule has 1 aliphatic rings. The van der Waals surface area contributed by atoms with E-state index in [0.717, 1.165) is 29.7 Å². The van der Waals surface area contributed by atoms with E-state index in [4.69, 9.17) is 9.47 Å². The smallest absolute Gasteiger partial charge is 0.330 e. The number of fused-ring (bicyclic) bond motifs is 1. The average Bonchev–Trinajstić information content (AvgIpc) is 2.37. The van der Waals surface area contributed by atoms with Gasteiger partial charge in [0.15, 0.2) is 0 Å². The summed E-state index contributed by atoms with van der Waals surface area (Å²) in [6.45, 7) is 2.19. The first-order chi connectivity index (χ1) is 8.63. The molecule has 0 fully saturated rings. The summed E-state index contributed by atoms with van der Waals surface area (Å²) in [5, 5.41) is 0. The van der Waals surface area contributed by atoms with Crippen LogP contribution in [0.15, 0.2) is 24.3 Å². The Kier molecular flexibility index (Phi) is 3.70. The van der Waals surface area contributed by atoms with Gasteiger partial charge in [0, 0.05) is 6.08 Å². The van der Waals surface area contributed by atoms with E-state index in [2.05, 4.69) is 13.0 Å². The number of esters is 1. The first-order valence-electron chi connectivity index (χ1n) is 6.10. The van der Waals surface area contributed by atoms with Gasteiger partial charge in [-0.3, -0.25) is 0 Å². The highest BCUT2D eigenvalue weighted by molar-refractivity contribution is 5.92. The van der Waals surface area contributed by atoms with Gasteiger partial charge in [0.05, 0.1) is 14.2 Å². The van der Waals surface area contributed by atoms with Crippen LogP contribution in [0.3, 0.4) is 0 Å². The number of hydrogen-bond donors (Lipinski definition) is 0. The monoisotopic (exact) mass is 246 g/mol. The fourth-order valence-electron chi connectivity index (χ4n) is 2.45. The van der Waals surface area contributed by atoms with Gasteiger partial charge in [-0.1, -0.05) is 13.0 Å². The number of carbonyl (C=O) groups is 1. The lowest BCUT2D eigenvalue weighted by Gasteiger charge is -2.24. The summed E-state index contributed by atoms with van der Waals surface area (Å²) in [4.78, 5) is 11.4. The second-order valence-electron chi connectivity index (χ2n) is 4.73. The third-order valence-corrected chi connectivity index (χ3v) is 3.29. The van der Waals surface area contributed by atoms with E-state index in [1.807, 2.05) is 12.1 Å². The normalized spacial score (nSPS) is 20.4. The average molecular weight is 246 g/mol. The second kappa shape index (κ2) is 5.25. The quantitative estimate of drug-likeness (QED) is 0.594. The number of benzene rings is 1. The first-order valence-corrected chi connectivity index (χ1v) is 6.10. The van der Waals surface area contributed by atoms with E-state index in [0.29, 0.717) is 5.92 Å². The predicted molar refractivity (Wildman–Crippen MR) is 70.5 cm³/mol. The molecule has 0 heterocycles. The van der Waals surface area contributed by atoms with Crippen LogP contribution in [0.4, 0.5) is 0 Å². The second-order valence-corrected chi connectivity index (χ2v) is 4.73. The number of rotatable bonds is 2. The molecule has 0 spiro atoms. The highest BCUT2D eigenvalue weighted by Crippen LogP contribution is 2.35. The van der Waals surface area contributed by atoms with Crippen LogP contribution in [0.1, 0.15) is 24.5 Å². The van der Waals surface area contributed by atoms with Crippen LogP contribution in [0, 0.1) is 5.92 Å². The van der Waals surface area contributed by atoms with E-state index >= 15 is 0 Å². The number of ether oxygens (including phenoxy) is 2. The molecule has 0 saturated carbocycles. The molecule has 0 amide bonds. The number of allylic oxidation sites excluding steroid dienone is 1. The van der Waals surface area contributed by atoms with Crippen LogP contribution < -0.4 is 4.74 Å². The molecule has 0 bridgehead atoms. The zero-order chi connectivity index (χ0) is 13.1. The van der Waals surface area contributed by atoms with Crippen molar-refractivity contribution in [3.63, 3.8) is 0 Å². The molecule has 0 radical (unpaired) electrons. The molecule has 96 valence electrons. The van der Waals surface area contributed by atoms with Gasteiger partial charge in [-0.05, 0) is 47.6 Å². The number of hydrogen-bond acceptors (Lipinski definition) is 3. The van der Waals surface area contributed by atoms with Gasteiger partial charge in [0.1, 0.15) is 5.75 Å². The van der Waals surface area contributed by atoms with Crippen LogP contribution in [0.2, 0.25) is 0 Å². The summed E-state index contributed by atoms with van der Waals surface area (Å²) in [7, 11) is 3.07. The van der Waals surface area contributed by atoms with Crippen molar-refractivity contribution in [3.8, 4) is 5.75 Å². The molecule has 3 nitrogen and oxygen atoms in total. The Morgan fingerprint density at radius 1 is 1.33 bits per heavy atom. The van der Waals surface area contributed by atoms with E-state index in [9.17, 15) is 4.79 Å². The lowest BCUT2D eigenvalue weighted by atomic mass is 9.81. The molecule has 0 N–H and O–H groups in total. The minimum atomic E-state index is -0.291. The summed E-state index contributed by atoms with van der Waals surface area (Å²) in [5.41, 5.74) is 3.43. The lowest BCUT2D eigenvalue weighted by Crippen LogP contribution is -2.12. The van der Waals surface area contributed by atoms with Crippen LogP contribution in [-0.4, -0.2) is 20.2 Å². The molecule has 1 aromatic carbocycles. The minimum Gasteiger partial charge on any atom is -0.497 e. The maximum Gasteiger partial charge on any atom is 0.330 e. The highest BCUT2D eigenvalue weighted by atomic mass is 16.5. The molecule has 0 saturated heterocycles. The van der Waals surface area contributed by atoms with Gasteiger partial charge >= 0.3 is 5.97 Å². The predicted octanol–water partition coefficient (Wildman–Crippen LogP) is 2.83. The Morgan fingerprint density at radius 3 is 2.78 bits per heavy atom. The SMILES string of the molecule is COC(=O)/C=C1\CC(C)Cc2cc(OC)ccc21. The van der Waals surface area contributed by atoms with Crippen molar-refractivity contribution in [1.29, 1.82) is 0 Å². The standard InChI is InChI=1S/C15H18O3/c1-10-6-11-8-13(17-2)4-5-14(11)12(7-10)9-15(16)18-3/h4-5,8-10H,6-7H2,1-3H3/b12-9+. The molecule has 3 heteroatoms. The van der Waals surface area contributed by atoms with Gasteiger partial charge in [0.2, 0.25) is 0 Å². The molecule has 0 aromatic heterocycles. The molecule has 1 atom stereocenters. The van der Waals surface area contributed by atoms with Crippen LogP contribution in [0.25, 0.3) is 5.57 Å². The molecule has 18 heavy (non-hydrogen) atoms. The first kappa shape index (κ1) is 12.7. The molecule has 0 aliphatic heterocycles. The lowest BCUT2D eigenvalue weighted by molar-refractivity contribution is -0.134. The van der Waals surface area contributed by atoms with Gasteiger partial charge in [0.25, 0.3) is 0 Å². The Balaban J connectivity index is 2.43. The Hall–Kier alpha value is -1.77.